The highest BCUT2D eigenvalue weighted by Crippen LogP contribution is 2.52. The second kappa shape index (κ2) is 3.57. The Morgan fingerprint density at radius 3 is 3.19 bits per heavy atom. The second-order valence-corrected chi connectivity index (χ2v) is 5.40. The van der Waals surface area contributed by atoms with Gasteiger partial charge in [-0.1, -0.05) is 19.0 Å². The van der Waals surface area contributed by atoms with E-state index in [1.165, 1.54) is 6.42 Å². The summed E-state index contributed by atoms with van der Waals surface area (Å²) in [6, 6.07) is 2.44. The number of nitrogens with zero attached hydrogens (tertiary/aromatic N) is 1. The van der Waals surface area contributed by atoms with Gasteiger partial charge >= 0.3 is 0 Å². The van der Waals surface area contributed by atoms with Crippen LogP contribution >= 0.6 is 0 Å². The first-order valence-corrected chi connectivity index (χ1v) is 5.94. The highest BCUT2D eigenvalue weighted by Gasteiger charge is 2.58. The summed E-state index contributed by atoms with van der Waals surface area (Å²) in [5.41, 5.74) is 0.237. The van der Waals surface area contributed by atoms with Gasteiger partial charge in [-0.15, -0.1) is 0 Å². The summed E-state index contributed by atoms with van der Waals surface area (Å²) < 4.78 is 10.8. The molecule has 1 N–H and O–H groups in total. The van der Waals surface area contributed by atoms with Crippen LogP contribution in [0.15, 0.2) is 16.8 Å². The number of hydrogen-bond acceptors (Lipinski definition) is 4. The van der Waals surface area contributed by atoms with Gasteiger partial charge in [0.05, 0.1) is 18.8 Å². The molecule has 0 amide bonds. The van der Waals surface area contributed by atoms with Crippen molar-refractivity contribution >= 4 is 0 Å². The number of fused-ring (bicyclic) bond motifs is 1. The van der Waals surface area contributed by atoms with E-state index in [-0.39, 0.29) is 5.41 Å². The zero-order chi connectivity index (χ0) is 11.2. The highest BCUT2D eigenvalue weighted by atomic mass is 16.5. The zero-order valence-corrected chi connectivity index (χ0v) is 9.77. The van der Waals surface area contributed by atoms with Gasteiger partial charge in [-0.3, -0.25) is 0 Å². The SMILES string of the molecule is CC1(C)C(NCc2ccno2)C2CCOC21. The van der Waals surface area contributed by atoms with Crippen LogP contribution < -0.4 is 5.32 Å². The normalized spacial score (nSPS) is 35.8. The third-order valence-corrected chi connectivity index (χ3v) is 4.09. The van der Waals surface area contributed by atoms with Crippen LogP contribution in [0.2, 0.25) is 0 Å². The average Bonchev–Trinajstić information content (AvgIpc) is 2.86. The Balaban J connectivity index is 1.63. The van der Waals surface area contributed by atoms with Gasteiger partial charge in [-0.2, -0.15) is 0 Å². The van der Waals surface area contributed by atoms with Crippen molar-refractivity contribution in [2.24, 2.45) is 11.3 Å². The molecule has 1 aromatic rings. The average molecular weight is 222 g/mol. The predicted molar refractivity (Wildman–Crippen MR) is 58.8 cm³/mol. The fourth-order valence-corrected chi connectivity index (χ4v) is 3.28. The van der Waals surface area contributed by atoms with E-state index in [1.54, 1.807) is 6.20 Å². The van der Waals surface area contributed by atoms with Crippen LogP contribution in [0.25, 0.3) is 0 Å². The quantitative estimate of drug-likeness (QED) is 0.843. The molecular weight excluding hydrogens is 204 g/mol. The molecule has 2 fully saturated rings. The molecule has 1 aliphatic heterocycles. The van der Waals surface area contributed by atoms with Crippen molar-refractivity contribution in [3.63, 3.8) is 0 Å². The third-order valence-electron chi connectivity index (χ3n) is 4.09. The van der Waals surface area contributed by atoms with Crippen LogP contribution in [0.1, 0.15) is 26.0 Å². The summed E-state index contributed by atoms with van der Waals surface area (Å²) in [7, 11) is 0. The standard InChI is InChI=1S/C12H18N2O2/c1-12(2)10(9-4-6-15-11(9)12)13-7-8-3-5-14-16-8/h3,5,9-11,13H,4,6-7H2,1-2H3. The Kier molecular flexibility index (Phi) is 2.30. The van der Waals surface area contributed by atoms with E-state index in [4.69, 9.17) is 9.26 Å². The molecule has 0 bridgehead atoms. The molecule has 1 saturated carbocycles. The molecule has 1 aromatic heterocycles. The molecule has 3 rings (SSSR count). The van der Waals surface area contributed by atoms with Gasteiger partial charge < -0.3 is 14.6 Å². The lowest BCUT2D eigenvalue weighted by Crippen LogP contribution is -2.65. The number of nitrogens with one attached hydrogen (secondary N) is 1. The third kappa shape index (κ3) is 1.40. The lowest BCUT2D eigenvalue weighted by atomic mass is 9.57. The van der Waals surface area contributed by atoms with Gasteiger partial charge in [0.25, 0.3) is 0 Å². The van der Waals surface area contributed by atoms with E-state index in [0.717, 1.165) is 18.9 Å². The molecule has 0 spiro atoms. The van der Waals surface area contributed by atoms with Crippen LogP contribution in [0.4, 0.5) is 0 Å². The van der Waals surface area contributed by atoms with Crippen LogP contribution in [-0.4, -0.2) is 23.9 Å². The molecule has 0 radical (unpaired) electrons. The largest absolute Gasteiger partial charge is 0.377 e. The monoisotopic (exact) mass is 222 g/mol. The van der Waals surface area contributed by atoms with Crippen molar-refractivity contribution in [3.05, 3.63) is 18.0 Å². The maximum Gasteiger partial charge on any atom is 0.150 e. The molecule has 2 aliphatic rings. The Morgan fingerprint density at radius 2 is 2.44 bits per heavy atom. The maximum absolute atomic E-state index is 5.76. The van der Waals surface area contributed by atoms with E-state index in [1.807, 2.05) is 6.07 Å². The second-order valence-electron chi connectivity index (χ2n) is 5.40. The number of hydrogen-bond donors (Lipinski definition) is 1. The molecule has 4 heteroatoms. The van der Waals surface area contributed by atoms with Gasteiger partial charge in [0.2, 0.25) is 0 Å². The zero-order valence-electron chi connectivity index (χ0n) is 9.77. The van der Waals surface area contributed by atoms with Gasteiger partial charge in [0.15, 0.2) is 0 Å². The van der Waals surface area contributed by atoms with Crippen molar-refractivity contribution in [1.29, 1.82) is 0 Å². The number of ether oxygens (including phenoxy) is 1. The van der Waals surface area contributed by atoms with Crippen LogP contribution in [-0.2, 0) is 11.3 Å². The lowest BCUT2D eigenvalue weighted by molar-refractivity contribution is -0.113. The molecule has 1 saturated heterocycles. The summed E-state index contributed by atoms with van der Waals surface area (Å²) >= 11 is 0. The minimum atomic E-state index is 0.237. The number of aromatic nitrogens is 1. The Labute approximate surface area is 95.3 Å². The lowest BCUT2D eigenvalue weighted by Gasteiger charge is -2.54. The van der Waals surface area contributed by atoms with E-state index in [9.17, 15) is 0 Å². The summed E-state index contributed by atoms with van der Waals surface area (Å²) in [6.45, 7) is 6.23. The molecular formula is C12H18N2O2. The molecule has 88 valence electrons. The molecule has 3 atom stereocenters. The molecule has 16 heavy (non-hydrogen) atoms. The highest BCUT2D eigenvalue weighted by molar-refractivity contribution is 5.11. The van der Waals surface area contributed by atoms with E-state index < -0.39 is 0 Å². The van der Waals surface area contributed by atoms with E-state index in [0.29, 0.717) is 18.1 Å². The van der Waals surface area contributed by atoms with Crippen LogP contribution in [0.3, 0.4) is 0 Å². The molecule has 0 aromatic carbocycles. The van der Waals surface area contributed by atoms with Gasteiger partial charge in [-0.05, 0) is 6.42 Å². The molecule has 4 nitrogen and oxygen atoms in total. The van der Waals surface area contributed by atoms with Gasteiger partial charge in [-0.25, -0.2) is 0 Å². The summed E-state index contributed by atoms with van der Waals surface area (Å²) in [4.78, 5) is 0. The first-order chi connectivity index (χ1) is 7.69. The first kappa shape index (κ1) is 10.3. The summed E-state index contributed by atoms with van der Waals surface area (Å²) in [5.74, 6) is 1.58. The topological polar surface area (TPSA) is 47.3 Å². The Hall–Kier alpha value is -0.870. The summed E-state index contributed by atoms with van der Waals surface area (Å²) in [5, 5.41) is 7.28. The van der Waals surface area contributed by atoms with Crippen molar-refractivity contribution < 1.29 is 9.26 Å². The van der Waals surface area contributed by atoms with Crippen molar-refractivity contribution in [1.82, 2.24) is 10.5 Å². The molecule has 2 heterocycles. The van der Waals surface area contributed by atoms with Gasteiger partial charge in [0.1, 0.15) is 5.76 Å². The Morgan fingerprint density at radius 1 is 1.56 bits per heavy atom. The number of rotatable bonds is 3. The smallest absolute Gasteiger partial charge is 0.150 e. The first-order valence-electron chi connectivity index (χ1n) is 5.94. The van der Waals surface area contributed by atoms with Crippen molar-refractivity contribution in [3.8, 4) is 0 Å². The van der Waals surface area contributed by atoms with E-state index in [2.05, 4.69) is 24.3 Å². The van der Waals surface area contributed by atoms with Crippen LogP contribution in [0.5, 0.6) is 0 Å². The maximum atomic E-state index is 5.76. The summed E-state index contributed by atoms with van der Waals surface area (Å²) in [6.07, 6.45) is 3.31. The fourth-order valence-electron chi connectivity index (χ4n) is 3.28. The van der Waals surface area contributed by atoms with Gasteiger partial charge in [0, 0.05) is 30.0 Å². The van der Waals surface area contributed by atoms with E-state index >= 15 is 0 Å². The van der Waals surface area contributed by atoms with Crippen LogP contribution in [0, 0.1) is 11.3 Å². The van der Waals surface area contributed by atoms with Crippen molar-refractivity contribution in [2.45, 2.75) is 39.0 Å². The molecule has 1 aliphatic carbocycles. The minimum absolute atomic E-state index is 0.237. The predicted octanol–water partition coefficient (Wildman–Crippen LogP) is 1.58. The fraction of sp³-hybridized carbons (Fsp3) is 0.750. The minimum Gasteiger partial charge on any atom is -0.377 e. The Bertz CT molecular complexity index is 361. The molecule has 3 unspecified atom stereocenters. The van der Waals surface area contributed by atoms with Crippen molar-refractivity contribution in [2.75, 3.05) is 6.61 Å².